The molecule has 0 saturated heterocycles. The molecule has 0 aliphatic rings. The van der Waals surface area contributed by atoms with Gasteiger partial charge in [-0.2, -0.15) is 0 Å². The van der Waals surface area contributed by atoms with Crippen molar-refractivity contribution in [2.75, 3.05) is 0 Å². The number of para-hydroxylation sites is 1. The molecular weight excluding hydrogens is 264 g/mol. The zero-order valence-corrected chi connectivity index (χ0v) is 12.2. The van der Waals surface area contributed by atoms with Gasteiger partial charge in [0.2, 0.25) is 0 Å². The molecule has 0 bridgehead atoms. The second kappa shape index (κ2) is 5.65. The number of nitrogens with zero attached hydrogens (tertiary/aromatic N) is 1. The third-order valence-corrected chi connectivity index (χ3v) is 4.40. The molecule has 20 heavy (non-hydrogen) atoms. The summed E-state index contributed by atoms with van der Waals surface area (Å²) < 4.78 is 0. The first kappa shape index (κ1) is 13.2. The van der Waals surface area contributed by atoms with Gasteiger partial charge in [0.05, 0.1) is 5.52 Å². The number of hydrogen-bond acceptors (Lipinski definition) is 3. The van der Waals surface area contributed by atoms with E-state index in [0.717, 1.165) is 21.5 Å². The zero-order valence-electron chi connectivity index (χ0n) is 11.3. The number of rotatable bonds is 3. The molecule has 2 nitrogen and oxygen atoms in total. The molecule has 3 rings (SSSR count). The first-order chi connectivity index (χ1) is 9.78. The van der Waals surface area contributed by atoms with Crippen LogP contribution in [-0.4, -0.2) is 4.98 Å². The Labute approximate surface area is 123 Å². The predicted molar refractivity (Wildman–Crippen MR) is 84.9 cm³/mol. The molecule has 0 aliphatic carbocycles. The SMILES string of the molecule is Cc1ccccc1Sc1cc(CN)c2ccccc2n1. The molecule has 0 spiro atoms. The van der Waals surface area contributed by atoms with Gasteiger partial charge >= 0.3 is 0 Å². The average molecular weight is 280 g/mol. The van der Waals surface area contributed by atoms with Crippen molar-refractivity contribution in [3.63, 3.8) is 0 Å². The Balaban J connectivity index is 2.06. The van der Waals surface area contributed by atoms with Gasteiger partial charge in [0.1, 0.15) is 5.03 Å². The summed E-state index contributed by atoms with van der Waals surface area (Å²) in [7, 11) is 0. The molecule has 2 aromatic carbocycles. The van der Waals surface area contributed by atoms with Gasteiger partial charge in [-0.1, -0.05) is 48.2 Å². The van der Waals surface area contributed by atoms with Gasteiger partial charge in [-0.3, -0.25) is 0 Å². The third kappa shape index (κ3) is 2.55. The van der Waals surface area contributed by atoms with Gasteiger partial charge in [0.15, 0.2) is 0 Å². The van der Waals surface area contributed by atoms with E-state index in [2.05, 4.69) is 43.3 Å². The monoisotopic (exact) mass is 280 g/mol. The lowest BCUT2D eigenvalue weighted by molar-refractivity contribution is 1.05. The van der Waals surface area contributed by atoms with E-state index in [1.54, 1.807) is 11.8 Å². The maximum Gasteiger partial charge on any atom is 0.102 e. The Morgan fingerprint density at radius 2 is 1.80 bits per heavy atom. The van der Waals surface area contributed by atoms with Crippen molar-refractivity contribution in [2.45, 2.75) is 23.4 Å². The highest BCUT2D eigenvalue weighted by Crippen LogP contribution is 2.31. The molecule has 0 fully saturated rings. The van der Waals surface area contributed by atoms with Crippen LogP contribution in [0.15, 0.2) is 64.5 Å². The van der Waals surface area contributed by atoms with E-state index in [4.69, 9.17) is 10.7 Å². The summed E-state index contributed by atoms with van der Waals surface area (Å²) in [6.45, 7) is 2.65. The van der Waals surface area contributed by atoms with Crippen LogP contribution < -0.4 is 5.73 Å². The first-order valence-corrected chi connectivity index (χ1v) is 7.42. The van der Waals surface area contributed by atoms with Crippen molar-refractivity contribution >= 4 is 22.7 Å². The Morgan fingerprint density at radius 1 is 1.05 bits per heavy atom. The van der Waals surface area contributed by atoms with Crippen LogP contribution in [0.1, 0.15) is 11.1 Å². The second-order valence-electron chi connectivity index (χ2n) is 4.71. The quantitative estimate of drug-likeness (QED) is 0.783. The van der Waals surface area contributed by atoms with Crippen LogP contribution in [0.25, 0.3) is 10.9 Å². The fourth-order valence-electron chi connectivity index (χ4n) is 2.23. The third-order valence-electron chi connectivity index (χ3n) is 3.31. The second-order valence-corrected chi connectivity index (χ2v) is 5.77. The first-order valence-electron chi connectivity index (χ1n) is 6.60. The summed E-state index contributed by atoms with van der Waals surface area (Å²) in [6.07, 6.45) is 0. The Bertz CT molecular complexity index is 753. The summed E-state index contributed by atoms with van der Waals surface area (Å²) in [5.41, 5.74) is 9.29. The van der Waals surface area contributed by atoms with Crippen LogP contribution in [0.5, 0.6) is 0 Å². The van der Waals surface area contributed by atoms with Crippen LogP contribution >= 0.6 is 11.8 Å². The number of aromatic nitrogens is 1. The topological polar surface area (TPSA) is 38.9 Å². The molecule has 0 aliphatic heterocycles. The number of nitrogens with two attached hydrogens (primary N) is 1. The van der Waals surface area contributed by atoms with Crippen LogP contribution in [0.2, 0.25) is 0 Å². The van der Waals surface area contributed by atoms with Crippen molar-refractivity contribution in [1.29, 1.82) is 0 Å². The maximum absolute atomic E-state index is 5.87. The van der Waals surface area contributed by atoms with E-state index in [1.807, 2.05) is 18.2 Å². The summed E-state index contributed by atoms with van der Waals surface area (Å²) in [5.74, 6) is 0. The number of pyridine rings is 1. The van der Waals surface area contributed by atoms with Crippen LogP contribution in [-0.2, 0) is 6.54 Å². The summed E-state index contributed by atoms with van der Waals surface area (Å²) in [6, 6.07) is 18.6. The van der Waals surface area contributed by atoms with E-state index in [9.17, 15) is 0 Å². The number of aryl methyl sites for hydroxylation is 1. The van der Waals surface area contributed by atoms with Crippen LogP contribution in [0.3, 0.4) is 0 Å². The van der Waals surface area contributed by atoms with Crippen LogP contribution in [0, 0.1) is 6.92 Å². The fourth-order valence-corrected chi connectivity index (χ4v) is 3.17. The Kier molecular flexibility index (Phi) is 3.72. The molecule has 0 amide bonds. The summed E-state index contributed by atoms with van der Waals surface area (Å²) in [5, 5.41) is 2.14. The van der Waals surface area contributed by atoms with E-state index in [-0.39, 0.29) is 0 Å². The highest BCUT2D eigenvalue weighted by molar-refractivity contribution is 7.99. The van der Waals surface area contributed by atoms with Gasteiger partial charge in [-0.15, -0.1) is 0 Å². The van der Waals surface area contributed by atoms with Crippen molar-refractivity contribution in [3.05, 3.63) is 65.7 Å². The van der Waals surface area contributed by atoms with Gasteiger partial charge < -0.3 is 5.73 Å². The van der Waals surface area contributed by atoms with Crippen molar-refractivity contribution in [3.8, 4) is 0 Å². The largest absolute Gasteiger partial charge is 0.326 e. The molecule has 0 saturated carbocycles. The van der Waals surface area contributed by atoms with E-state index >= 15 is 0 Å². The van der Waals surface area contributed by atoms with Gasteiger partial charge in [-0.05, 0) is 36.2 Å². The Morgan fingerprint density at radius 3 is 2.60 bits per heavy atom. The molecular formula is C17H16N2S. The highest BCUT2D eigenvalue weighted by Gasteiger charge is 2.07. The lowest BCUT2D eigenvalue weighted by Gasteiger charge is -2.09. The number of hydrogen-bond donors (Lipinski definition) is 1. The minimum atomic E-state index is 0.532. The summed E-state index contributed by atoms with van der Waals surface area (Å²) >= 11 is 1.69. The summed E-state index contributed by atoms with van der Waals surface area (Å²) in [4.78, 5) is 5.96. The molecule has 1 aromatic heterocycles. The van der Waals surface area contributed by atoms with Gasteiger partial charge in [0, 0.05) is 16.8 Å². The maximum atomic E-state index is 5.87. The Hall–Kier alpha value is -1.84. The van der Waals surface area contributed by atoms with Gasteiger partial charge in [-0.25, -0.2) is 4.98 Å². The lowest BCUT2D eigenvalue weighted by Crippen LogP contribution is -1.99. The predicted octanol–water partition coefficient (Wildman–Crippen LogP) is 4.15. The molecule has 3 aromatic rings. The molecule has 0 unspecified atom stereocenters. The molecule has 2 N–H and O–H groups in total. The molecule has 0 atom stereocenters. The van der Waals surface area contributed by atoms with Crippen molar-refractivity contribution in [2.24, 2.45) is 5.73 Å². The standard InChI is InChI=1S/C17H16N2S/c1-12-6-2-5-9-16(12)20-17-10-13(11-18)14-7-3-4-8-15(14)19-17/h2-10H,11,18H2,1H3. The number of benzene rings is 2. The van der Waals surface area contributed by atoms with E-state index < -0.39 is 0 Å². The van der Waals surface area contributed by atoms with Crippen LogP contribution in [0.4, 0.5) is 0 Å². The average Bonchev–Trinajstić information content (AvgIpc) is 2.49. The van der Waals surface area contributed by atoms with Crippen molar-refractivity contribution < 1.29 is 0 Å². The van der Waals surface area contributed by atoms with Crippen molar-refractivity contribution in [1.82, 2.24) is 4.98 Å². The molecule has 100 valence electrons. The molecule has 1 heterocycles. The lowest BCUT2D eigenvalue weighted by atomic mass is 10.1. The van der Waals surface area contributed by atoms with E-state index in [0.29, 0.717) is 6.54 Å². The molecule has 3 heteroatoms. The molecule has 0 radical (unpaired) electrons. The highest BCUT2D eigenvalue weighted by atomic mass is 32.2. The minimum absolute atomic E-state index is 0.532. The normalized spacial score (nSPS) is 10.9. The smallest absolute Gasteiger partial charge is 0.102 e. The van der Waals surface area contributed by atoms with Gasteiger partial charge in [0.25, 0.3) is 0 Å². The minimum Gasteiger partial charge on any atom is -0.326 e. The number of fused-ring (bicyclic) bond motifs is 1. The van der Waals surface area contributed by atoms with E-state index in [1.165, 1.54) is 10.5 Å². The zero-order chi connectivity index (χ0) is 13.9. The fraction of sp³-hybridized carbons (Fsp3) is 0.118.